The summed E-state index contributed by atoms with van der Waals surface area (Å²) in [5.41, 5.74) is 11.1. The molecule has 0 bridgehead atoms. The number of fused-ring (bicyclic) bond motifs is 2. The first kappa shape index (κ1) is 26.2. The Morgan fingerprint density at radius 3 is 2.74 bits per heavy atom. The van der Waals surface area contributed by atoms with Crippen LogP contribution in [0, 0.1) is 5.92 Å². The molecule has 1 aliphatic carbocycles. The van der Waals surface area contributed by atoms with E-state index >= 15 is 0 Å². The lowest BCUT2D eigenvalue weighted by Gasteiger charge is -2.46. The fraction of sp³-hybridized carbons (Fsp3) is 0.600. The van der Waals surface area contributed by atoms with Crippen molar-refractivity contribution in [1.29, 1.82) is 0 Å². The van der Waals surface area contributed by atoms with Gasteiger partial charge < -0.3 is 15.5 Å². The van der Waals surface area contributed by atoms with Crippen LogP contribution in [0.25, 0.3) is 22.2 Å². The average molecular weight is 531 g/mol. The number of aromatic amines is 1. The van der Waals surface area contributed by atoms with Crippen molar-refractivity contribution in [3.63, 3.8) is 0 Å². The number of imidazole rings is 2. The summed E-state index contributed by atoms with van der Waals surface area (Å²) in [5, 5.41) is 0. The quantitative estimate of drug-likeness (QED) is 0.315. The fourth-order valence-corrected chi connectivity index (χ4v) is 6.32. The summed E-state index contributed by atoms with van der Waals surface area (Å²) in [6, 6.07) is 7.75. The molecule has 0 amide bonds. The second kappa shape index (κ2) is 10.2. The van der Waals surface area contributed by atoms with Gasteiger partial charge in [-0.3, -0.25) is 9.47 Å². The molecule has 1 saturated heterocycles. The number of benzene rings is 1. The molecule has 0 unspecified atom stereocenters. The van der Waals surface area contributed by atoms with Crippen molar-refractivity contribution in [3.05, 3.63) is 42.2 Å². The molecule has 1 saturated carbocycles. The van der Waals surface area contributed by atoms with Crippen LogP contribution in [0.1, 0.15) is 84.3 Å². The largest absolute Gasteiger partial charge is 0.382 e. The smallest absolute Gasteiger partial charge is 0.167 e. The van der Waals surface area contributed by atoms with Gasteiger partial charge in [-0.05, 0) is 75.0 Å². The van der Waals surface area contributed by atoms with E-state index in [4.69, 9.17) is 15.5 Å². The Kier molecular flexibility index (Phi) is 6.83. The Labute approximate surface area is 230 Å². The summed E-state index contributed by atoms with van der Waals surface area (Å²) in [4.78, 5) is 24.0. The molecular weight excluding hydrogens is 488 g/mol. The van der Waals surface area contributed by atoms with Gasteiger partial charge in [0, 0.05) is 25.0 Å². The minimum absolute atomic E-state index is 0.0549. The van der Waals surface area contributed by atoms with Crippen LogP contribution in [0.4, 0.5) is 5.82 Å². The molecule has 39 heavy (non-hydrogen) atoms. The van der Waals surface area contributed by atoms with Gasteiger partial charge in [0.2, 0.25) is 0 Å². The number of anilines is 1. The Morgan fingerprint density at radius 2 is 1.97 bits per heavy atom. The van der Waals surface area contributed by atoms with Crippen molar-refractivity contribution in [1.82, 2.24) is 34.4 Å². The predicted molar refractivity (Wildman–Crippen MR) is 154 cm³/mol. The van der Waals surface area contributed by atoms with Gasteiger partial charge in [0.05, 0.1) is 23.5 Å². The van der Waals surface area contributed by atoms with E-state index in [1.807, 2.05) is 4.57 Å². The van der Waals surface area contributed by atoms with Gasteiger partial charge in [0.15, 0.2) is 11.5 Å². The second-order valence-corrected chi connectivity index (χ2v) is 12.9. The first-order valence-electron chi connectivity index (χ1n) is 14.5. The van der Waals surface area contributed by atoms with Gasteiger partial charge in [-0.15, -0.1) is 0 Å². The number of nitrogens with zero attached hydrogens (tertiary/aromatic N) is 6. The van der Waals surface area contributed by atoms with Crippen molar-refractivity contribution in [2.24, 2.45) is 5.92 Å². The number of H-pyrrole nitrogens is 1. The number of nitrogens with one attached hydrogen (secondary N) is 1. The molecule has 3 aromatic heterocycles. The van der Waals surface area contributed by atoms with Crippen molar-refractivity contribution in [2.75, 3.05) is 12.3 Å². The maximum Gasteiger partial charge on any atom is 0.167 e. The number of aryl methyl sites for hydroxylation is 1. The SMILES string of the molecule is CC(C)N(C[C@H]1CC[C@H](n2cnc3c(N)ncnc32)O1)C1CC(CCc2nc3ccc(C(C)(C)C)cc3[nH]2)C1. The highest BCUT2D eigenvalue weighted by Gasteiger charge is 2.37. The maximum absolute atomic E-state index is 6.51. The highest BCUT2D eigenvalue weighted by atomic mass is 16.5. The monoisotopic (exact) mass is 530 g/mol. The van der Waals surface area contributed by atoms with E-state index in [1.165, 1.54) is 31.2 Å². The van der Waals surface area contributed by atoms with Crippen molar-refractivity contribution < 1.29 is 4.74 Å². The average Bonchev–Trinajstić information content (AvgIpc) is 3.59. The molecule has 4 aromatic rings. The number of hydrogen-bond acceptors (Lipinski definition) is 7. The normalized spacial score (nSPS) is 23.9. The Balaban J connectivity index is 1.01. The van der Waals surface area contributed by atoms with E-state index in [1.54, 1.807) is 6.33 Å². The molecule has 0 radical (unpaired) electrons. The standard InChI is InChI=1S/C30H42N8O/c1-18(2)37(15-22-8-11-26(39-22)38-17-34-27-28(31)32-16-33-29(27)38)21-12-19(13-21)6-10-25-35-23-9-7-20(30(3,4)5)14-24(23)36-25/h7,9,14,16-19,21-22,26H,6,8,10-13,15H2,1-5H3,(H,35,36)(H2,31,32,33)/t19?,21?,22-,26-/m1/s1. The van der Waals surface area contributed by atoms with E-state index in [0.29, 0.717) is 23.4 Å². The van der Waals surface area contributed by atoms with Crippen molar-refractivity contribution in [3.8, 4) is 0 Å². The van der Waals surface area contributed by atoms with Gasteiger partial charge in [-0.1, -0.05) is 26.8 Å². The Morgan fingerprint density at radius 1 is 1.15 bits per heavy atom. The van der Waals surface area contributed by atoms with E-state index < -0.39 is 0 Å². The van der Waals surface area contributed by atoms with Crippen LogP contribution in [0.3, 0.4) is 0 Å². The van der Waals surface area contributed by atoms with E-state index in [0.717, 1.165) is 54.2 Å². The van der Waals surface area contributed by atoms with E-state index in [2.05, 4.69) is 77.7 Å². The van der Waals surface area contributed by atoms with Crippen LogP contribution in [0.15, 0.2) is 30.9 Å². The van der Waals surface area contributed by atoms with E-state index in [-0.39, 0.29) is 17.7 Å². The number of nitrogens with two attached hydrogens (primary N) is 1. The summed E-state index contributed by atoms with van der Waals surface area (Å²) in [6.45, 7) is 12.3. The lowest BCUT2D eigenvalue weighted by Crippen LogP contribution is -2.50. The highest BCUT2D eigenvalue weighted by Crippen LogP contribution is 2.38. The third kappa shape index (κ3) is 5.26. The topological polar surface area (TPSA) is 111 Å². The molecule has 2 aliphatic rings. The summed E-state index contributed by atoms with van der Waals surface area (Å²) >= 11 is 0. The van der Waals surface area contributed by atoms with Crippen molar-refractivity contribution >= 4 is 28.0 Å². The van der Waals surface area contributed by atoms with Crippen LogP contribution >= 0.6 is 0 Å². The van der Waals surface area contributed by atoms with Gasteiger partial charge in [-0.2, -0.15) is 0 Å². The first-order chi connectivity index (χ1) is 18.7. The molecule has 1 aromatic carbocycles. The summed E-state index contributed by atoms with van der Waals surface area (Å²) in [7, 11) is 0. The van der Waals surface area contributed by atoms with Gasteiger partial charge >= 0.3 is 0 Å². The molecule has 9 nitrogen and oxygen atoms in total. The van der Waals surface area contributed by atoms with E-state index in [9.17, 15) is 0 Å². The molecule has 208 valence electrons. The molecule has 4 heterocycles. The maximum atomic E-state index is 6.51. The molecule has 2 fully saturated rings. The van der Waals surface area contributed by atoms with Crippen LogP contribution < -0.4 is 5.73 Å². The third-order valence-electron chi connectivity index (χ3n) is 8.73. The lowest BCUT2D eigenvalue weighted by molar-refractivity contribution is -0.0393. The zero-order chi connectivity index (χ0) is 27.3. The predicted octanol–water partition coefficient (Wildman–Crippen LogP) is 5.38. The lowest BCUT2D eigenvalue weighted by atomic mass is 9.76. The third-order valence-corrected chi connectivity index (χ3v) is 8.73. The van der Waals surface area contributed by atoms with Crippen molar-refractivity contribution in [2.45, 2.75) is 103 Å². The minimum atomic E-state index is -0.0549. The summed E-state index contributed by atoms with van der Waals surface area (Å²) < 4.78 is 8.52. The Bertz CT molecular complexity index is 1440. The zero-order valence-corrected chi connectivity index (χ0v) is 23.9. The fourth-order valence-electron chi connectivity index (χ4n) is 6.32. The zero-order valence-electron chi connectivity index (χ0n) is 23.9. The molecule has 2 atom stereocenters. The Hall–Kier alpha value is -3.04. The minimum Gasteiger partial charge on any atom is -0.382 e. The summed E-state index contributed by atoms with van der Waals surface area (Å²) in [6.07, 6.45) is 10.1. The van der Waals surface area contributed by atoms with Crippen LogP contribution in [0.2, 0.25) is 0 Å². The number of rotatable bonds is 8. The van der Waals surface area contributed by atoms with Crippen LogP contribution in [-0.4, -0.2) is 59.1 Å². The number of hydrogen-bond donors (Lipinski definition) is 2. The molecule has 3 N–H and O–H groups in total. The highest BCUT2D eigenvalue weighted by molar-refractivity contribution is 5.81. The molecule has 9 heteroatoms. The van der Waals surface area contributed by atoms with Gasteiger partial charge in [-0.25, -0.2) is 19.9 Å². The molecular formula is C30H42N8O. The number of aromatic nitrogens is 6. The molecule has 6 rings (SSSR count). The molecule has 1 aliphatic heterocycles. The van der Waals surface area contributed by atoms with Gasteiger partial charge in [0.25, 0.3) is 0 Å². The van der Waals surface area contributed by atoms with Crippen LogP contribution in [0.5, 0.6) is 0 Å². The first-order valence-corrected chi connectivity index (χ1v) is 14.5. The summed E-state index contributed by atoms with van der Waals surface area (Å²) in [5.74, 6) is 2.28. The number of nitrogen functional groups attached to an aromatic ring is 1. The number of ether oxygens (including phenoxy) is 1. The van der Waals surface area contributed by atoms with Gasteiger partial charge in [0.1, 0.15) is 23.9 Å². The van der Waals surface area contributed by atoms with Crippen LogP contribution in [-0.2, 0) is 16.6 Å². The molecule has 0 spiro atoms. The second-order valence-electron chi connectivity index (χ2n) is 12.9.